The van der Waals surface area contributed by atoms with Gasteiger partial charge in [0.15, 0.2) is 0 Å². The van der Waals surface area contributed by atoms with Gasteiger partial charge in [0.2, 0.25) is 11.8 Å². The van der Waals surface area contributed by atoms with Crippen molar-refractivity contribution in [2.24, 2.45) is 0 Å². The molecule has 7 nitrogen and oxygen atoms in total. The summed E-state index contributed by atoms with van der Waals surface area (Å²) in [5.74, 6) is 0.305. The number of amides is 1. The van der Waals surface area contributed by atoms with Crippen molar-refractivity contribution in [3.05, 3.63) is 11.8 Å². The Morgan fingerprint density at radius 1 is 1.62 bits per heavy atom. The molecule has 1 fully saturated rings. The van der Waals surface area contributed by atoms with Gasteiger partial charge in [0.25, 0.3) is 0 Å². The van der Waals surface area contributed by atoms with E-state index in [2.05, 4.69) is 20.3 Å². The number of carbonyl (C=O) groups excluding carboxylic acids is 1. The molecule has 2 heterocycles. The van der Waals surface area contributed by atoms with Crippen LogP contribution in [0.3, 0.4) is 0 Å². The summed E-state index contributed by atoms with van der Waals surface area (Å²) < 4.78 is 10.7. The van der Waals surface area contributed by atoms with Crippen molar-refractivity contribution in [3.8, 4) is 0 Å². The summed E-state index contributed by atoms with van der Waals surface area (Å²) in [5.41, 5.74) is 0.746. The fourth-order valence-corrected chi connectivity index (χ4v) is 2.43. The minimum absolute atomic E-state index is 0.0864. The van der Waals surface area contributed by atoms with Gasteiger partial charge >= 0.3 is 0 Å². The molecule has 0 radical (unpaired) electrons. The highest BCUT2D eigenvalue weighted by Gasteiger charge is 2.28. The summed E-state index contributed by atoms with van der Waals surface area (Å²) in [6.07, 6.45) is 0.136. The number of aromatic nitrogens is 1. The molecule has 0 aromatic carbocycles. The summed E-state index contributed by atoms with van der Waals surface area (Å²) in [4.78, 5) is 16.5. The first kappa shape index (κ1) is 15.9. The van der Waals surface area contributed by atoms with E-state index in [1.54, 1.807) is 6.07 Å². The number of anilines is 1. The number of hydrogen-bond acceptors (Lipinski definition) is 6. The summed E-state index contributed by atoms with van der Waals surface area (Å²) in [5, 5.41) is 6.51. The summed E-state index contributed by atoms with van der Waals surface area (Å²) in [6, 6.07) is 1.47. The van der Waals surface area contributed by atoms with Crippen LogP contribution in [0.5, 0.6) is 0 Å². The van der Waals surface area contributed by atoms with E-state index in [1.165, 1.54) is 0 Å². The standard InChI is InChI=1S/C14H24N4O3/c1-10-7-13(21-16-10)15-14(19)11(2)18-5-6-20-12(9-18)8-17(3)4/h7,11-12H,5-6,8-9H2,1-4H3,(H,15,19)/t11-,12-/m1/s1. The van der Waals surface area contributed by atoms with E-state index in [4.69, 9.17) is 9.26 Å². The van der Waals surface area contributed by atoms with Crippen molar-refractivity contribution in [3.63, 3.8) is 0 Å². The largest absolute Gasteiger partial charge is 0.374 e. The zero-order chi connectivity index (χ0) is 15.4. The van der Waals surface area contributed by atoms with Gasteiger partial charge in [-0.05, 0) is 27.9 Å². The predicted octanol–water partition coefficient (Wildman–Crippen LogP) is 0.572. The van der Waals surface area contributed by atoms with Crippen LogP contribution >= 0.6 is 0 Å². The number of ether oxygens (including phenoxy) is 1. The molecule has 0 spiro atoms. The van der Waals surface area contributed by atoms with E-state index in [1.807, 2.05) is 27.9 Å². The van der Waals surface area contributed by atoms with Crippen LogP contribution in [-0.2, 0) is 9.53 Å². The van der Waals surface area contributed by atoms with Gasteiger partial charge in [0, 0.05) is 25.7 Å². The molecule has 1 saturated heterocycles. The SMILES string of the molecule is Cc1cc(NC(=O)[C@@H](C)N2CCO[C@H](CN(C)C)C2)on1. The molecule has 1 aromatic heterocycles. The molecule has 0 aliphatic carbocycles. The van der Waals surface area contributed by atoms with Gasteiger partial charge in [-0.1, -0.05) is 5.16 Å². The first-order valence-electron chi connectivity index (χ1n) is 7.20. The molecule has 0 bridgehead atoms. The van der Waals surface area contributed by atoms with Gasteiger partial charge in [0.1, 0.15) is 0 Å². The van der Waals surface area contributed by atoms with Crippen LogP contribution < -0.4 is 5.32 Å². The van der Waals surface area contributed by atoms with E-state index in [0.29, 0.717) is 12.5 Å². The Morgan fingerprint density at radius 3 is 3.00 bits per heavy atom. The molecule has 1 aliphatic heterocycles. The number of morpholine rings is 1. The highest BCUT2D eigenvalue weighted by molar-refractivity contribution is 5.93. The van der Waals surface area contributed by atoms with Crippen molar-refractivity contribution < 1.29 is 14.1 Å². The molecule has 0 saturated carbocycles. The molecular formula is C14H24N4O3. The van der Waals surface area contributed by atoms with Gasteiger partial charge in [-0.25, -0.2) is 0 Å². The maximum absolute atomic E-state index is 12.3. The van der Waals surface area contributed by atoms with E-state index < -0.39 is 0 Å². The third-order valence-electron chi connectivity index (χ3n) is 3.54. The van der Waals surface area contributed by atoms with Crippen LogP contribution in [-0.4, -0.2) is 73.3 Å². The van der Waals surface area contributed by atoms with Crippen LogP contribution in [0.25, 0.3) is 0 Å². The van der Waals surface area contributed by atoms with Gasteiger partial charge in [-0.2, -0.15) is 0 Å². The van der Waals surface area contributed by atoms with Crippen molar-refractivity contribution in [2.45, 2.75) is 26.0 Å². The Balaban J connectivity index is 1.89. The summed E-state index contributed by atoms with van der Waals surface area (Å²) >= 11 is 0. The van der Waals surface area contributed by atoms with Gasteiger partial charge < -0.3 is 14.2 Å². The Labute approximate surface area is 125 Å². The lowest BCUT2D eigenvalue weighted by Gasteiger charge is -2.36. The minimum Gasteiger partial charge on any atom is -0.374 e. The van der Waals surface area contributed by atoms with Crippen molar-refractivity contribution in [2.75, 3.05) is 45.7 Å². The first-order chi connectivity index (χ1) is 9.95. The number of rotatable bonds is 5. The molecule has 1 aliphatic rings. The smallest absolute Gasteiger partial charge is 0.243 e. The quantitative estimate of drug-likeness (QED) is 0.857. The molecule has 7 heteroatoms. The Morgan fingerprint density at radius 2 is 2.38 bits per heavy atom. The fraction of sp³-hybridized carbons (Fsp3) is 0.714. The third kappa shape index (κ3) is 4.52. The highest BCUT2D eigenvalue weighted by Crippen LogP contribution is 2.13. The van der Waals surface area contributed by atoms with Gasteiger partial charge in [0.05, 0.1) is 24.4 Å². The monoisotopic (exact) mass is 296 g/mol. The van der Waals surface area contributed by atoms with Crippen LogP contribution in [0, 0.1) is 6.92 Å². The van der Waals surface area contributed by atoms with E-state index in [-0.39, 0.29) is 18.1 Å². The van der Waals surface area contributed by atoms with Gasteiger partial charge in [-0.15, -0.1) is 0 Å². The Bertz CT molecular complexity index is 475. The number of carbonyl (C=O) groups is 1. The molecular weight excluding hydrogens is 272 g/mol. The topological polar surface area (TPSA) is 70.8 Å². The summed E-state index contributed by atoms with van der Waals surface area (Å²) in [6.45, 7) is 6.73. The van der Waals surface area contributed by atoms with Crippen LogP contribution in [0.2, 0.25) is 0 Å². The van der Waals surface area contributed by atoms with Crippen LogP contribution in [0.15, 0.2) is 10.6 Å². The third-order valence-corrected chi connectivity index (χ3v) is 3.54. The molecule has 2 atom stereocenters. The first-order valence-corrected chi connectivity index (χ1v) is 7.20. The summed E-state index contributed by atoms with van der Waals surface area (Å²) in [7, 11) is 4.04. The molecule has 1 N–H and O–H groups in total. The van der Waals surface area contributed by atoms with Crippen molar-refractivity contribution in [1.82, 2.24) is 15.0 Å². The molecule has 118 valence electrons. The fourth-order valence-electron chi connectivity index (χ4n) is 2.43. The second kappa shape index (κ2) is 7.02. The lowest BCUT2D eigenvalue weighted by molar-refractivity contribution is -0.124. The molecule has 1 amide bonds. The van der Waals surface area contributed by atoms with E-state index >= 15 is 0 Å². The van der Waals surface area contributed by atoms with Crippen LogP contribution in [0.4, 0.5) is 5.88 Å². The lowest BCUT2D eigenvalue weighted by Crippen LogP contribution is -2.52. The zero-order valence-corrected chi connectivity index (χ0v) is 13.1. The number of hydrogen-bond donors (Lipinski definition) is 1. The molecule has 21 heavy (non-hydrogen) atoms. The van der Waals surface area contributed by atoms with E-state index in [0.717, 1.165) is 25.3 Å². The average Bonchev–Trinajstić information content (AvgIpc) is 2.82. The number of nitrogens with one attached hydrogen (secondary N) is 1. The molecule has 1 aromatic rings. The minimum atomic E-state index is -0.232. The van der Waals surface area contributed by atoms with Crippen molar-refractivity contribution in [1.29, 1.82) is 0 Å². The number of likely N-dealkylation sites (N-methyl/N-ethyl adjacent to an activating group) is 1. The van der Waals surface area contributed by atoms with Crippen molar-refractivity contribution >= 4 is 11.8 Å². The Kier molecular flexibility index (Phi) is 5.33. The second-order valence-corrected chi connectivity index (χ2v) is 5.75. The second-order valence-electron chi connectivity index (χ2n) is 5.75. The molecule has 0 unspecified atom stereocenters. The normalized spacial score (nSPS) is 21.5. The maximum Gasteiger partial charge on any atom is 0.243 e. The van der Waals surface area contributed by atoms with E-state index in [9.17, 15) is 4.79 Å². The maximum atomic E-state index is 12.3. The van der Waals surface area contributed by atoms with Gasteiger partial charge in [-0.3, -0.25) is 15.0 Å². The van der Waals surface area contributed by atoms with Crippen LogP contribution in [0.1, 0.15) is 12.6 Å². The number of aryl methyl sites for hydroxylation is 1. The average molecular weight is 296 g/mol. The zero-order valence-electron chi connectivity index (χ0n) is 13.1. The lowest BCUT2D eigenvalue weighted by atomic mass is 10.2. The molecule has 2 rings (SSSR count). The number of nitrogens with zero attached hydrogens (tertiary/aromatic N) is 3. The Hall–Kier alpha value is -1.44. The predicted molar refractivity (Wildman–Crippen MR) is 79.2 cm³/mol. The highest BCUT2D eigenvalue weighted by atomic mass is 16.5.